The summed E-state index contributed by atoms with van der Waals surface area (Å²) < 4.78 is 0. The molecule has 2 rings (SSSR count). The summed E-state index contributed by atoms with van der Waals surface area (Å²) in [4.78, 5) is 11.9. The number of nitrogen functional groups attached to an aromatic ring is 1. The topological polar surface area (TPSA) is 81.8 Å². The minimum atomic E-state index is -0.247. The summed E-state index contributed by atoms with van der Waals surface area (Å²) in [6, 6.07) is 8.34. The Morgan fingerprint density at radius 2 is 2.00 bits per heavy atom. The summed E-state index contributed by atoms with van der Waals surface area (Å²) in [5.74, 6) is -0.247. The predicted molar refractivity (Wildman–Crippen MR) is 54.1 cm³/mol. The highest BCUT2D eigenvalue weighted by Crippen LogP contribution is 2.13. The van der Waals surface area contributed by atoms with Gasteiger partial charge in [0.15, 0.2) is 0 Å². The summed E-state index contributed by atoms with van der Waals surface area (Å²) >= 11 is 0. The van der Waals surface area contributed by atoms with Gasteiger partial charge in [-0.1, -0.05) is 12.1 Å². The van der Waals surface area contributed by atoms with Crippen LogP contribution in [0.3, 0.4) is 0 Å². The zero-order chi connectivity index (χ0) is 10.7. The molecule has 2 N–H and O–H groups in total. The molecule has 1 heterocycles. The van der Waals surface area contributed by atoms with Gasteiger partial charge in [-0.3, -0.25) is 4.79 Å². The van der Waals surface area contributed by atoms with Crippen LogP contribution in [-0.4, -0.2) is 21.2 Å². The zero-order valence-corrected chi connectivity index (χ0v) is 7.79. The van der Waals surface area contributed by atoms with E-state index in [2.05, 4.69) is 15.4 Å². The lowest BCUT2D eigenvalue weighted by molar-refractivity contribution is 0.103. The van der Waals surface area contributed by atoms with Crippen LogP contribution in [0.4, 0.5) is 5.69 Å². The molecule has 0 spiro atoms. The first-order chi connectivity index (χ1) is 7.29. The third-order valence-electron chi connectivity index (χ3n) is 1.94. The van der Waals surface area contributed by atoms with E-state index in [9.17, 15) is 4.79 Å². The Hall–Kier alpha value is -2.30. The number of benzene rings is 1. The van der Waals surface area contributed by atoms with Crippen LogP contribution < -0.4 is 5.73 Å². The van der Waals surface area contributed by atoms with Gasteiger partial charge in [0.05, 0.1) is 6.20 Å². The number of carbonyl (C=O) groups excluding carboxylic acids is 1. The second-order valence-corrected chi connectivity index (χ2v) is 2.92. The molecule has 1 aromatic carbocycles. The van der Waals surface area contributed by atoms with Crippen LogP contribution in [0.15, 0.2) is 36.5 Å². The Bertz CT molecular complexity index is 484. The largest absolute Gasteiger partial charge is 0.398 e. The summed E-state index contributed by atoms with van der Waals surface area (Å²) in [6.45, 7) is 0. The van der Waals surface area contributed by atoms with E-state index >= 15 is 0 Å². The number of aromatic nitrogens is 3. The van der Waals surface area contributed by atoms with Gasteiger partial charge in [-0.15, -0.1) is 10.2 Å². The van der Waals surface area contributed by atoms with E-state index < -0.39 is 0 Å². The van der Waals surface area contributed by atoms with Crippen molar-refractivity contribution in [1.29, 1.82) is 0 Å². The number of carbonyl (C=O) groups is 1. The molecular formula is C10H8N4O. The highest BCUT2D eigenvalue weighted by Gasteiger charge is 2.12. The van der Waals surface area contributed by atoms with Crippen molar-refractivity contribution in [3.05, 3.63) is 47.8 Å². The van der Waals surface area contributed by atoms with Gasteiger partial charge in [-0.2, -0.15) is 0 Å². The Morgan fingerprint density at radius 1 is 1.20 bits per heavy atom. The molecule has 0 fully saturated rings. The molecule has 0 saturated carbocycles. The van der Waals surface area contributed by atoms with Crippen LogP contribution in [0.2, 0.25) is 0 Å². The van der Waals surface area contributed by atoms with Crippen molar-refractivity contribution in [2.75, 3.05) is 5.73 Å². The van der Waals surface area contributed by atoms with Gasteiger partial charge >= 0.3 is 0 Å². The maximum atomic E-state index is 11.9. The Morgan fingerprint density at radius 3 is 2.67 bits per heavy atom. The maximum Gasteiger partial charge on any atom is 0.215 e. The first-order valence-electron chi connectivity index (χ1n) is 4.32. The molecule has 0 aliphatic rings. The predicted octanol–water partition coefficient (Wildman–Crippen LogP) is 0.685. The highest BCUT2D eigenvalue weighted by molar-refractivity contribution is 6.10. The Balaban J connectivity index is 2.42. The van der Waals surface area contributed by atoms with Gasteiger partial charge < -0.3 is 5.73 Å². The van der Waals surface area contributed by atoms with Crippen molar-refractivity contribution in [2.45, 2.75) is 0 Å². The average molecular weight is 200 g/mol. The van der Waals surface area contributed by atoms with Crippen LogP contribution in [0, 0.1) is 0 Å². The molecule has 5 heteroatoms. The second-order valence-electron chi connectivity index (χ2n) is 2.92. The van der Waals surface area contributed by atoms with E-state index in [0.717, 1.165) is 0 Å². The second kappa shape index (κ2) is 3.83. The fourth-order valence-corrected chi connectivity index (χ4v) is 1.20. The van der Waals surface area contributed by atoms with Crippen LogP contribution in [0.1, 0.15) is 16.1 Å². The fraction of sp³-hybridized carbons (Fsp3) is 0. The first kappa shape index (κ1) is 9.26. The smallest absolute Gasteiger partial charge is 0.215 e. The molecule has 0 unspecified atom stereocenters. The summed E-state index contributed by atoms with van der Waals surface area (Å²) in [6.07, 6.45) is 1.42. The van der Waals surface area contributed by atoms with E-state index in [-0.39, 0.29) is 11.5 Å². The van der Waals surface area contributed by atoms with E-state index in [4.69, 9.17) is 5.73 Å². The van der Waals surface area contributed by atoms with Crippen molar-refractivity contribution in [2.24, 2.45) is 0 Å². The van der Waals surface area contributed by atoms with Crippen LogP contribution >= 0.6 is 0 Å². The molecule has 0 aliphatic heterocycles. The third-order valence-corrected chi connectivity index (χ3v) is 1.94. The van der Waals surface area contributed by atoms with Crippen LogP contribution in [0.25, 0.3) is 0 Å². The minimum absolute atomic E-state index is 0.239. The average Bonchev–Trinajstić information content (AvgIpc) is 2.30. The molecule has 0 bridgehead atoms. The van der Waals surface area contributed by atoms with Gasteiger partial charge in [0.2, 0.25) is 5.78 Å². The summed E-state index contributed by atoms with van der Waals surface area (Å²) in [5, 5.41) is 10.5. The lowest BCUT2D eigenvalue weighted by atomic mass is 10.1. The minimum Gasteiger partial charge on any atom is -0.398 e. The molecule has 0 saturated heterocycles. The number of nitrogens with zero attached hydrogens (tertiary/aromatic N) is 3. The number of para-hydroxylation sites is 1. The zero-order valence-electron chi connectivity index (χ0n) is 7.79. The van der Waals surface area contributed by atoms with Gasteiger partial charge in [-0.25, -0.2) is 0 Å². The first-order valence-corrected chi connectivity index (χ1v) is 4.32. The van der Waals surface area contributed by atoms with Gasteiger partial charge in [-0.05, 0) is 23.4 Å². The summed E-state index contributed by atoms with van der Waals surface area (Å²) in [5.41, 5.74) is 6.77. The Kier molecular flexibility index (Phi) is 2.37. The number of nitrogens with two attached hydrogens (primary N) is 1. The molecule has 2 aromatic rings. The quantitative estimate of drug-likeness (QED) is 0.569. The number of anilines is 1. The number of hydrogen-bond acceptors (Lipinski definition) is 5. The molecule has 0 atom stereocenters. The van der Waals surface area contributed by atoms with Crippen molar-refractivity contribution >= 4 is 11.5 Å². The number of ketones is 1. The molecule has 5 nitrogen and oxygen atoms in total. The van der Waals surface area contributed by atoms with Gasteiger partial charge in [0.25, 0.3) is 0 Å². The normalized spacial score (nSPS) is 9.87. The lowest BCUT2D eigenvalue weighted by Gasteiger charge is -2.01. The van der Waals surface area contributed by atoms with Crippen molar-refractivity contribution in [3.8, 4) is 0 Å². The van der Waals surface area contributed by atoms with Crippen LogP contribution in [-0.2, 0) is 0 Å². The molecule has 0 radical (unpaired) electrons. The molecular weight excluding hydrogens is 192 g/mol. The van der Waals surface area contributed by atoms with Crippen LogP contribution in [0.5, 0.6) is 0 Å². The standard InChI is InChI=1S/C10H8N4O/c11-8-4-2-1-3-7(8)10(15)9-5-6-12-14-13-9/h1-6H,11H2. The molecule has 0 amide bonds. The highest BCUT2D eigenvalue weighted by atomic mass is 16.1. The molecule has 74 valence electrons. The van der Waals surface area contributed by atoms with Gasteiger partial charge in [0.1, 0.15) is 5.69 Å². The summed E-state index contributed by atoms with van der Waals surface area (Å²) in [7, 11) is 0. The van der Waals surface area contributed by atoms with Crippen molar-refractivity contribution in [3.63, 3.8) is 0 Å². The van der Waals surface area contributed by atoms with E-state index in [1.807, 2.05) is 0 Å². The van der Waals surface area contributed by atoms with Crippen molar-refractivity contribution in [1.82, 2.24) is 15.4 Å². The molecule has 0 aliphatic carbocycles. The maximum absolute atomic E-state index is 11.9. The van der Waals surface area contributed by atoms with E-state index in [1.165, 1.54) is 12.3 Å². The number of rotatable bonds is 2. The third kappa shape index (κ3) is 1.80. The van der Waals surface area contributed by atoms with Gasteiger partial charge in [0, 0.05) is 11.3 Å². The van der Waals surface area contributed by atoms with Crippen molar-refractivity contribution < 1.29 is 4.79 Å². The SMILES string of the molecule is Nc1ccccc1C(=O)c1ccnnn1. The molecule has 1 aromatic heterocycles. The van der Waals surface area contributed by atoms with E-state index in [1.54, 1.807) is 24.3 Å². The monoisotopic (exact) mass is 200 g/mol. The van der Waals surface area contributed by atoms with E-state index in [0.29, 0.717) is 11.3 Å². The Labute approximate surface area is 86.0 Å². The lowest BCUT2D eigenvalue weighted by Crippen LogP contribution is -2.08. The number of hydrogen-bond donors (Lipinski definition) is 1. The molecule has 15 heavy (non-hydrogen) atoms. The fourth-order valence-electron chi connectivity index (χ4n) is 1.20.